The number of nitrogens with two attached hydrogens (primary N) is 1. The molecule has 0 aromatic heterocycles. The third-order valence-corrected chi connectivity index (χ3v) is 10.5. The summed E-state index contributed by atoms with van der Waals surface area (Å²) in [6, 6.07) is 34.2. The molecule has 0 saturated heterocycles. The number of nitrogen functional groups attached to an aromatic ring is 1. The van der Waals surface area contributed by atoms with Crippen LogP contribution < -0.4 is 11.3 Å². The highest BCUT2D eigenvalue weighted by Gasteiger charge is 2.30. The lowest BCUT2D eigenvalue weighted by molar-refractivity contribution is 0.445. The first-order valence-corrected chi connectivity index (χ1v) is 16.2. The molecular formula is C40H40N2. The molecule has 0 amide bonds. The van der Waals surface area contributed by atoms with Crippen molar-refractivity contribution in [3.63, 3.8) is 0 Å². The number of hydrogen-bond acceptors (Lipinski definition) is 2. The zero-order valence-electron chi connectivity index (χ0n) is 24.5. The van der Waals surface area contributed by atoms with Gasteiger partial charge in [-0.1, -0.05) is 123 Å². The van der Waals surface area contributed by atoms with Crippen LogP contribution in [-0.2, 0) is 0 Å². The van der Waals surface area contributed by atoms with Crippen molar-refractivity contribution in [1.82, 2.24) is 0 Å². The van der Waals surface area contributed by atoms with E-state index >= 15 is 0 Å². The van der Waals surface area contributed by atoms with Gasteiger partial charge in [0.1, 0.15) is 0 Å². The Hall–Kier alpha value is -3.88. The highest BCUT2D eigenvalue weighted by atomic mass is 15.2. The summed E-state index contributed by atoms with van der Waals surface area (Å²) in [6.07, 6.45) is 13.1. The van der Waals surface area contributed by atoms with E-state index in [-0.39, 0.29) is 0 Å². The molecule has 2 fully saturated rings. The van der Waals surface area contributed by atoms with Crippen LogP contribution in [0.4, 0.5) is 5.69 Å². The molecule has 8 rings (SSSR count). The predicted octanol–water partition coefficient (Wildman–Crippen LogP) is 11.3. The molecular weight excluding hydrogens is 508 g/mol. The minimum absolute atomic E-state index is 0.505. The second kappa shape index (κ2) is 10.7. The molecule has 6 aromatic carbocycles. The molecule has 3 N–H and O–H groups in total. The van der Waals surface area contributed by atoms with Crippen molar-refractivity contribution in [2.45, 2.75) is 76.0 Å². The van der Waals surface area contributed by atoms with E-state index in [1.54, 1.807) is 5.56 Å². The van der Waals surface area contributed by atoms with Crippen LogP contribution in [-0.4, -0.2) is 0 Å². The van der Waals surface area contributed by atoms with Gasteiger partial charge in [0.25, 0.3) is 0 Å². The van der Waals surface area contributed by atoms with Crippen LogP contribution in [0.15, 0.2) is 91.0 Å². The van der Waals surface area contributed by atoms with Gasteiger partial charge in [-0.05, 0) is 92.9 Å². The maximum atomic E-state index is 6.53. The maximum Gasteiger partial charge on any atom is 0.0645 e. The van der Waals surface area contributed by atoms with Crippen LogP contribution in [0.3, 0.4) is 0 Å². The summed E-state index contributed by atoms with van der Waals surface area (Å²) >= 11 is 0. The van der Waals surface area contributed by atoms with Crippen LogP contribution >= 0.6 is 0 Å². The zero-order valence-corrected chi connectivity index (χ0v) is 24.5. The summed E-state index contributed by atoms with van der Waals surface area (Å²) in [4.78, 5) is 0. The van der Waals surface area contributed by atoms with Gasteiger partial charge in [0.15, 0.2) is 0 Å². The van der Waals surface area contributed by atoms with E-state index < -0.39 is 0 Å². The van der Waals surface area contributed by atoms with Crippen molar-refractivity contribution in [2.24, 2.45) is 5.84 Å². The first-order chi connectivity index (χ1) is 20.8. The highest BCUT2D eigenvalue weighted by Crippen LogP contribution is 2.54. The third-order valence-electron chi connectivity index (χ3n) is 10.5. The topological polar surface area (TPSA) is 38.0 Å². The second-order valence-corrected chi connectivity index (χ2v) is 12.8. The Morgan fingerprint density at radius 1 is 0.548 bits per heavy atom. The minimum Gasteiger partial charge on any atom is -0.323 e. The van der Waals surface area contributed by atoms with Crippen molar-refractivity contribution < 1.29 is 0 Å². The second-order valence-electron chi connectivity index (χ2n) is 12.8. The summed E-state index contributed by atoms with van der Waals surface area (Å²) in [5.41, 5.74) is 12.6. The quantitative estimate of drug-likeness (QED) is 0.128. The zero-order chi connectivity index (χ0) is 28.0. The summed E-state index contributed by atoms with van der Waals surface area (Å²) in [7, 11) is 0. The average molecular weight is 549 g/mol. The molecule has 0 aliphatic heterocycles. The molecule has 2 aliphatic carbocycles. The van der Waals surface area contributed by atoms with Crippen LogP contribution in [0.5, 0.6) is 0 Å². The molecule has 0 spiro atoms. The van der Waals surface area contributed by atoms with Gasteiger partial charge in [0.05, 0.1) is 5.69 Å². The number of hydrazine groups is 1. The molecule has 2 saturated carbocycles. The fourth-order valence-corrected chi connectivity index (χ4v) is 8.59. The number of anilines is 1. The Morgan fingerprint density at radius 2 is 1.17 bits per heavy atom. The van der Waals surface area contributed by atoms with Gasteiger partial charge in [0.2, 0.25) is 0 Å². The van der Waals surface area contributed by atoms with Crippen LogP contribution in [0.1, 0.15) is 87.2 Å². The molecule has 0 atom stereocenters. The molecule has 0 radical (unpaired) electrons. The molecule has 0 unspecified atom stereocenters. The lowest BCUT2D eigenvalue weighted by Crippen LogP contribution is -2.14. The number of benzene rings is 6. The molecule has 2 heteroatoms. The molecule has 210 valence electrons. The summed E-state index contributed by atoms with van der Waals surface area (Å²) in [5.74, 6) is 7.69. The number of rotatable bonds is 5. The number of hydrogen-bond donors (Lipinski definition) is 2. The average Bonchev–Trinajstić information content (AvgIpc) is 3.07. The highest BCUT2D eigenvalue weighted by molar-refractivity contribution is 6.31. The van der Waals surface area contributed by atoms with Gasteiger partial charge in [-0.3, -0.25) is 5.84 Å². The van der Waals surface area contributed by atoms with E-state index in [9.17, 15) is 0 Å². The SMILES string of the molecule is NNc1c(-c2ccccc2)c(C2CCCCC2)c2c(-c3ccccc3)cc3ccc(C4CCCCC4)c4ccc1c2c34. The van der Waals surface area contributed by atoms with Crippen molar-refractivity contribution in [3.8, 4) is 22.3 Å². The largest absolute Gasteiger partial charge is 0.323 e. The summed E-state index contributed by atoms with van der Waals surface area (Å²) in [5, 5.41) is 8.29. The Labute approximate surface area is 249 Å². The minimum atomic E-state index is 0.505. The summed E-state index contributed by atoms with van der Waals surface area (Å²) in [6.45, 7) is 0. The van der Waals surface area contributed by atoms with E-state index in [4.69, 9.17) is 5.84 Å². The van der Waals surface area contributed by atoms with Gasteiger partial charge in [-0.15, -0.1) is 0 Å². The standard InChI is InChI=1S/C40H40N2/c41-42-40-33-24-23-32-31(26-13-5-1-6-14-26)22-21-30-25-34(27-15-7-2-8-16-27)39(38(33)35(30)32)36(28-17-9-3-10-18-28)37(40)29-19-11-4-12-20-29/h2,4,7-8,11-12,15-16,19-26,28,42H,1,3,5-6,9-10,13-14,17-18,41H2. The van der Waals surface area contributed by atoms with Gasteiger partial charge < -0.3 is 5.43 Å². The predicted molar refractivity (Wildman–Crippen MR) is 180 cm³/mol. The van der Waals surface area contributed by atoms with Gasteiger partial charge >= 0.3 is 0 Å². The first kappa shape index (κ1) is 25.8. The molecule has 42 heavy (non-hydrogen) atoms. The Kier molecular flexibility index (Phi) is 6.60. The Morgan fingerprint density at radius 3 is 1.83 bits per heavy atom. The molecule has 6 aromatic rings. The molecule has 2 nitrogen and oxygen atoms in total. The lowest BCUT2D eigenvalue weighted by atomic mass is 9.73. The van der Waals surface area contributed by atoms with Crippen molar-refractivity contribution >= 4 is 38.0 Å². The number of nitrogens with one attached hydrogen (secondary N) is 1. The lowest BCUT2D eigenvalue weighted by Gasteiger charge is -2.31. The summed E-state index contributed by atoms with van der Waals surface area (Å²) < 4.78 is 0. The first-order valence-electron chi connectivity index (χ1n) is 16.2. The monoisotopic (exact) mass is 548 g/mol. The van der Waals surface area contributed by atoms with Gasteiger partial charge in [0, 0.05) is 16.3 Å². The van der Waals surface area contributed by atoms with Crippen LogP contribution in [0, 0.1) is 0 Å². The van der Waals surface area contributed by atoms with E-state index in [1.807, 2.05) is 0 Å². The van der Waals surface area contributed by atoms with Crippen molar-refractivity contribution in [1.29, 1.82) is 0 Å². The Bertz CT molecular complexity index is 1860. The van der Waals surface area contributed by atoms with Gasteiger partial charge in [-0.2, -0.15) is 0 Å². The Balaban J connectivity index is 1.58. The van der Waals surface area contributed by atoms with Crippen molar-refractivity contribution in [3.05, 3.63) is 102 Å². The van der Waals surface area contributed by atoms with E-state index in [0.29, 0.717) is 11.8 Å². The maximum absolute atomic E-state index is 6.53. The van der Waals surface area contributed by atoms with E-state index in [1.165, 1.54) is 124 Å². The van der Waals surface area contributed by atoms with Gasteiger partial charge in [-0.25, -0.2) is 0 Å². The molecule has 2 aliphatic rings. The normalized spacial score (nSPS) is 17.0. The molecule has 0 bridgehead atoms. The van der Waals surface area contributed by atoms with Crippen LogP contribution in [0.25, 0.3) is 54.6 Å². The smallest absolute Gasteiger partial charge is 0.0645 e. The van der Waals surface area contributed by atoms with Crippen LogP contribution in [0.2, 0.25) is 0 Å². The molecule has 0 heterocycles. The fraction of sp³-hybridized carbons (Fsp3) is 0.300. The van der Waals surface area contributed by atoms with E-state index in [2.05, 4.69) is 96.4 Å². The fourth-order valence-electron chi connectivity index (χ4n) is 8.59. The van der Waals surface area contributed by atoms with Crippen molar-refractivity contribution in [2.75, 3.05) is 5.43 Å². The van der Waals surface area contributed by atoms with E-state index in [0.717, 1.165) is 5.69 Å². The third kappa shape index (κ3) is 4.11.